The van der Waals surface area contributed by atoms with Crippen LogP contribution in [0.25, 0.3) is 0 Å². The lowest BCUT2D eigenvalue weighted by Crippen LogP contribution is -2.46. The molecule has 0 aromatic heterocycles. The van der Waals surface area contributed by atoms with Crippen molar-refractivity contribution in [2.45, 2.75) is 19.3 Å². The zero-order valence-corrected chi connectivity index (χ0v) is 18.3. The average Bonchev–Trinajstić information content (AvgIpc) is 3.29. The summed E-state index contributed by atoms with van der Waals surface area (Å²) in [5.74, 6) is 0.0909. The lowest BCUT2D eigenvalue weighted by atomic mass is 10.2. The number of carbonyl (C=O) groups excluding carboxylic acids is 1. The molecule has 0 aliphatic carbocycles. The molecule has 3 fully saturated rings. The predicted molar refractivity (Wildman–Crippen MR) is 120 cm³/mol. The molecule has 1 amide bonds. The minimum atomic E-state index is 0.0909. The first-order valence-corrected chi connectivity index (χ1v) is 11.5. The highest BCUT2D eigenvalue weighted by Gasteiger charge is 2.17. The Balaban J connectivity index is 0.000000166. The van der Waals surface area contributed by atoms with Crippen LogP contribution in [0, 0.1) is 0 Å². The maximum Gasteiger partial charge on any atom is 0.253 e. The van der Waals surface area contributed by atoms with Gasteiger partial charge in [0.2, 0.25) is 0 Å². The molecule has 3 saturated heterocycles. The topological polar surface area (TPSA) is 50.9 Å². The summed E-state index contributed by atoms with van der Waals surface area (Å²) in [7, 11) is 0. The second-order valence-corrected chi connectivity index (χ2v) is 8.48. The summed E-state index contributed by atoms with van der Waals surface area (Å²) < 4.78 is 0. The van der Waals surface area contributed by atoms with Crippen LogP contribution in [0.1, 0.15) is 29.6 Å². The van der Waals surface area contributed by atoms with Crippen LogP contribution in [-0.2, 0) is 0 Å². The molecule has 0 bridgehead atoms. The molecule has 0 unspecified atom stereocenters. The normalized spacial score (nSPS) is 20.9. The Morgan fingerprint density at radius 1 is 0.793 bits per heavy atom. The maximum absolute atomic E-state index is 12.0. The maximum atomic E-state index is 12.0. The minimum absolute atomic E-state index is 0.0909. The van der Waals surface area contributed by atoms with Crippen LogP contribution in [0.3, 0.4) is 0 Å². The van der Waals surface area contributed by atoms with Crippen molar-refractivity contribution >= 4 is 17.5 Å². The third-order valence-electron chi connectivity index (χ3n) is 5.85. The van der Waals surface area contributed by atoms with Gasteiger partial charge in [0.05, 0.1) is 0 Å². The monoisotopic (exact) mass is 421 g/mol. The highest BCUT2D eigenvalue weighted by Crippen LogP contribution is 2.12. The Morgan fingerprint density at radius 3 is 1.90 bits per heavy atom. The third-order valence-corrected chi connectivity index (χ3v) is 6.10. The SMILES string of the molecule is C1CCN(CCCN2CCNCC2)C1.O=C(c1ccc(Cl)cc1)N1CCNCC1. The number of nitrogens with one attached hydrogen (secondary N) is 2. The third kappa shape index (κ3) is 7.87. The fourth-order valence-corrected chi connectivity index (χ4v) is 4.23. The molecule has 3 heterocycles. The largest absolute Gasteiger partial charge is 0.336 e. The number of likely N-dealkylation sites (tertiary alicyclic amines) is 1. The predicted octanol–water partition coefficient (Wildman–Crippen LogP) is 1.76. The number of hydrogen-bond donors (Lipinski definition) is 2. The molecule has 162 valence electrons. The zero-order valence-electron chi connectivity index (χ0n) is 17.5. The molecule has 1 aromatic carbocycles. The van der Waals surface area contributed by atoms with Crippen LogP contribution in [0.15, 0.2) is 24.3 Å². The van der Waals surface area contributed by atoms with Crippen molar-refractivity contribution in [1.82, 2.24) is 25.3 Å². The second kappa shape index (κ2) is 12.5. The van der Waals surface area contributed by atoms with Gasteiger partial charge in [-0.05, 0) is 69.7 Å². The zero-order chi connectivity index (χ0) is 20.3. The molecule has 0 radical (unpaired) electrons. The number of amides is 1. The Bertz CT molecular complexity index is 594. The van der Waals surface area contributed by atoms with Crippen LogP contribution >= 0.6 is 11.6 Å². The summed E-state index contributed by atoms with van der Waals surface area (Å²) >= 11 is 5.77. The summed E-state index contributed by atoms with van der Waals surface area (Å²) in [5.41, 5.74) is 0.710. The van der Waals surface area contributed by atoms with Crippen molar-refractivity contribution in [3.05, 3.63) is 34.9 Å². The summed E-state index contributed by atoms with van der Waals surface area (Å²) in [6.07, 6.45) is 4.21. The van der Waals surface area contributed by atoms with Crippen molar-refractivity contribution < 1.29 is 4.79 Å². The highest BCUT2D eigenvalue weighted by molar-refractivity contribution is 6.30. The average molecular weight is 422 g/mol. The quantitative estimate of drug-likeness (QED) is 0.758. The van der Waals surface area contributed by atoms with Gasteiger partial charge in [-0.3, -0.25) is 4.79 Å². The van der Waals surface area contributed by atoms with Crippen molar-refractivity contribution in [2.24, 2.45) is 0 Å². The Hall–Kier alpha value is -1.18. The molecule has 29 heavy (non-hydrogen) atoms. The van der Waals surface area contributed by atoms with Gasteiger partial charge in [0.1, 0.15) is 0 Å². The molecule has 7 heteroatoms. The standard InChI is InChI=1S/C11H13ClN2O.C11H23N3/c12-10-3-1-9(2-4-10)11(15)14-7-5-13-6-8-14;1-2-7-13(6-1)8-3-9-14-10-4-12-5-11-14/h1-4,13H,5-8H2;12H,1-11H2. The summed E-state index contributed by atoms with van der Waals surface area (Å²) in [6, 6.07) is 7.04. The van der Waals surface area contributed by atoms with Crippen molar-refractivity contribution in [2.75, 3.05) is 78.5 Å². The van der Waals surface area contributed by atoms with Gasteiger partial charge in [0.25, 0.3) is 5.91 Å². The molecule has 0 spiro atoms. The number of rotatable bonds is 5. The van der Waals surface area contributed by atoms with Crippen molar-refractivity contribution in [3.8, 4) is 0 Å². The first kappa shape index (κ1) is 22.5. The van der Waals surface area contributed by atoms with E-state index in [1.807, 2.05) is 4.90 Å². The molecule has 2 N–H and O–H groups in total. The lowest BCUT2D eigenvalue weighted by Gasteiger charge is -2.27. The smallest absolute Gasteiger partial charge is 0.253 e. The molecule has 0 saturated carbocycles. The van der Waals surface area contributed by atoms with Gasteiger partial charge in [-0.2, -0.15) is 0 Å². The number of halogens is 1. The Labute approximate surface area is 180 Å². The summed E-state index contributed by atoms with van der Waals surface area (Å²) in [6.45, 7) is 13.5. The minimum Gasteiger partial charge on any atom is -0.336 e. The van der Waals surface area contributed by atoms with Crippen LogP contribution < -0.4 is 10.6 Å². The van der Waals surface area contributed by atoms with Crippen LogP contribution in [0.4, 0.5) is 0 Å². The van der Waals surface area contributed by atoms with Gasteiger partial charge in [-0.15, -0.1) is 0 Å². The molecule has 6 nitrogen and oxygen atoms in total. The van der Waals surface area contributed by atoms with E-state index in [0.717, 1.165) is 26.2 Å². The fraction of sp³-hybridized carbons (Fsp3) is 0.682. The molecular formula is C22H36ClN5O. The second-order valence-electron chi connectivity index (χ2n) is 8.04. The van der Waals surface area contributed by atoms with Gasteiger partial charge in [-0.25, -0.2) is 0 Å². The van der Waals surface area contributed by atoms with Gasteiger partial charge < -0.3 is 25.3 Å². The first-order valence-electron chi connectivity index (χ1n) is 11.1. The molecule has 4 rings (SSSR count). The van der Waals surface area contributed by atoms with Crippen molar-refractivity contribution in [3.63, 3.8) is 0 Å². The van der Waals surface area contributed by atoms with Gasteiger partial charge >= 0.3 is 0 Å². The molecule has 3 aliphatic heterocycles. The Kier molecular flexibility index (Phi) is 9.70. The van der Waals surface area contributed by atoms with Crippen LogP contribution in [-0.4, -0.2) is 99.1 Å². The van der Waals surface area contributed by atoms with Gasteiger partial charge in [0.15, 0.2) is 0 Å². The highest BCUT2D eigenvalue weighted by atomic mass is 35.5. The van der Waals surface area contributed by atoms with E-state index in [1.54, 1.807) is 24.3 Å². The van der Waals surface area contributed by atoms with E-state index in [9.17, 15) is 4.79 Å². The number of benzene rings is 1. The van der Waals surface area contributed by atoms with Gasteiger partial charge in [0, 0.05) is 62.9 Å². The molecule has 1 aromatic rings. The number of nitrogens with zero attached hydrogens (tertiary/aromatic N) is 3. The fourth-order valence-electron chi connectivity index (χ4n) is 4.10. The number of hydrogen-bond acceptors (Lipinski definition) is 5. The van der Waals surface area contributed by atoms with E-state index >= 15 is 0 Å². The first-order chi connectivity index (χ1) is 14.2. The van der Waals surface area contributed by atoms with E-state index < -0.39 is 0 Å². The summed E-state index contributed by atoms with van der Waals surface area (Å²) in [5, 5.41) is 7.27. The van der Waals surface area contributed by atoms with E-state index in [0.29, 0.717) is 10.6 Å². The lowest BCUT2D eigenvalue weighted by molar-refractivity contribution is 0.0736. The summed E-state index contributed by atoms with van der Waals surface area (Å²) in [4.78, 5) is 19.0. The van der Waals surface area contributed by atoms with Crippen LogP contribution in [0.5, 0.6) is 0 Å². The number of piperazine rings is 2. The van der Waals surface area contributed by atoms with Gasteiger partial charge in [-0.1, -0.05) is 11.6 Å². The van der Waals surface area contributed by atoms with E-state index in [-0.39, 0.29) is 5.91 Å². The Morgan fingerprint density at radius 2 is 1.31 bits per heavy atom. The van der Waals surface area contributed by atoms with E-state index in [1.165, 1.54) is 71.6 Å². The molecule has 0 atom stereocenters. The van der Waals surface area contributed by atoms with E-state index in [2.05, 4.69) is 20.4 Å². The molecular weight excluding hydrogens is 386 g/mol. The van der Waals surface area contributed by atoms with Crippen molar-refractivity contribution in [1.29, 1.82) is 0 Å². The molecule has 3 aliphatic rings. The van der Waals surface area contributed by atoms with Crippen LogP contribution in [0.2, 0.25) is 5.02 Å². The van der Waals surface area contributed by atoms with E-state index in [4.69, 9.17) is 11.6 Å². The number of carbonyl (C=O) groups is 1.